The number of rotatable bonds is 2. The predicted molar refractivity (Wildman–Crippen MR) is 42.4 cm³/mol. The van der Waals surface area contributed by atoms with Crippen LogP contribution in [0.1, 0.15) is 19.3 Å². The van der Waals surface area contributed by atoms with Crippen molar-refractivity contribution in [1.82, 2.24) is 5.32 Å². The third-order valence-corrected chi connectivity index (χ3v) is 2.42. The molecule has 0 aromatic heterocycles. The summed E-state index contributed by atoms with van der Waals surface area (Å²) in [6.45, 7) is 0. The van der Waals surface area contributed by atoms with Crippen LogP contribution in [0.15, 0.2) is 0 Å². The Morgan fingerprint density at radius 3 is 2.73 bits per heavy atom. The summed E-state index contributed by atoms with van der Waals surface area (Å²) in [5.74, 6) is 0. The lowest BCUT2D eigenvalue weighted by Gasteiger charge is -2.30. The number of hydrogen-bond donors (Lipinski definition) is 1. The molecule has 0 heterocycles. The minimum atomic E-state index is -0.760. The normalized spacial score (nSPS) is 39.0. The van der Waals surface area contributed by atoms with Crippen molar-refractivity contribution in [3.8, 4) is 0 Å². The third kappa shape index (κ3) is 2.14. The SMILES string of the molecule is CNC1CCC(F)C(OC)C1. The summed E-state index contributed by atoms with van der Waals surface area (Å²) in [5, 5.41) is 3.14. The molecular formula is C8H16FNO. The highest BCUT2D eigenvalue weighted by Crippen LogP contribution is 2.23. The van der Waals surface area contributed by atoms with Crippen LogP contribution in [0.4, 0.5) is 4.39 Å². The average Bonchev–Trinajstić information content (AvgIpc) is 2.05. The second-order valence-electron chi connectivity index (χ2n) is 3.09. The number of alkyl halides is 1. The first-order valence-electron chi connectivity index (χ1n) is 4.12. The van der Waals surface area contributed by atoms with E-state index in [1.54, 1.807) is 7.11 Å². The van der Waals surface area contributed by atoms with Gasteiger partial charge in [-0.3, -0.25) is 0 Å². The minimum Gasteiger partial charge on any atom is -0.378 e. The Balaban J connectivity index is 2.37. The molecule has 1 rings (SSSR count). The molecular weight excluding hydrogens is 145 g/mol. The van der Waals surface area contributed by atoms with Crippen LogP contribution in [-0.4, -0.2) is 32.5 Å². The van der Waals surface area contributed by atoms with Gasteiger partial charge in [0.15, 0.2) is 0 Å². The van der Waals surface area contributed by atoms with Crippen LogP contribution >= 0.6 is 0 Å². The second kappa shape index (κ2) is 4.02. The maximum Gasteiger partial charge on any atom is 0.126 e. The maximum atomic E-state index is 13.0. The highest BCUT2D eigenvalue weighted by molar-refractivity contribution is 4.83. The lowest BCUT2D eigenvalue weighted by atomic mass is 9.91. The molecule has 66 valence electrons. The number of halogens is 1. The fourth-order valence-electron chi connectivity index (χ4n) is 1.60. The summed E-state index contributed by atoms with van der Waals surface area (Å²) in [6.07, 6.45) is 1.40. The van der Waals surface area contributed by atoms with Gasteiger partial charge in [0.25, 0.3) is 0 Å². The number of methoxy groups -OCH3 is 1. The molecule has 2 nitrogen and oxygen atoms in total. The monoisotopic (exact) mass is 161 g/mol. The molecule has 3 atom stereocenters. The van der Waals surface area contributed by atoms with E-state index < -0.39 is 6.17 Å². The molecule has 1 saturated carbocycles. The summed E-state index contributed by atoms with van der Waals surface area (Å²) in [4.78, 5) is 0. The highest BCUT2D eigenvalue weighted by atomic mass is 19.1. The molecule has 0 saturated heterocycles. The van der Waals surface area contributed by atoms with Crippen molar-refractivity contribution >= 4 is 0 Å². The smallest absolute Gasteiger partial charge is 0.126 e. The number of nitrogens with one attached hydrogen (secondary N) is 1. The van der Waals surface area contributed by atoms with Crippen LogP contribution in [-0.2, 0) is 4.74 Å². The van der Waals surface area contributed by atoms with Gasteiger partial charge in [-0.1, -0.05) is 0 Å². The minimum absolute atomic E-state index is 0.193. The zero-order chi connectivity index (χ0) is 8.27. The average molecular weight is 161 g/mol. The van der Waals surface area contributed by atoms with E-state index in [4.69, 9.17) is 4.74 Å². The number of ether oxygens (including phenoxy) is 1. The molecule has 3 unspecified atom stereocenters. The van der Waals surface area contributed by atoms with Gasteiger partial charge in [-0.15, -0.1) is 0 Å². The van der Waals surface area contributed by atoms with Crippen molar-refractivity contribution in [3.05, 3.63) is 0 Å². The Morgan fingerprint density at radius 2 is 2.18 bits per heavy atom. The van der Waals surface area contributed by atoms with Gasteiger partial charge in [0.05, 0.1) is 6.10 Å². The van der Waals surface area contributed by atoms with E-state index in [2.05, 4.69) is 5.32 Å². The van der Waals surface area contributed by atoms with Gasteiger partial charge in [-0.25, -0.2) is 4.39 Å². The van der Waals surface area contributed by atoms with Gasteiger partial charge in [0.1, 0.15) is 6.17 Å². The number of hydrogen-bond acceptors (Lipinski definition) is 2. The lowest BCUT2D eigenvalue weighted by molar-refractivity contribution is -0.00317. The Morgan fingerprint density at radius 1 is 1.45 bits per heavy atom. The highest BCUT2D eigenvalue weighted by Gasteiger charge is 2.29. The molecule has 0 spiro atoms. The first-order valence-corrected chi connectivity index (χ1v) is 4.12. The van der Waals surface area contributed by atoms with Crippen LogP contribution in [0.2, 0.25) is 0 Å². The quantitative estimate of drug-likeness (QED) is 0.655. The van der Waals surface area contributed by atoms with E-state index in [9.17, 15) is 4.39 Å². The fourth-order valence-corrected chi connectivity index (χ4v) is 1.60. The van der Waals surface area contributed by atoms with Crippen molar-refractivity contribution in [2.45, 2.75) is 37.6 Å². The first kappa shape index (κ1) is 8.94. The van der Waals surface area contributed by atoms with E-state index in [-0.39, 0.29) is 6.10 Å². The molecule has 3 heteroatoms. The standard InChI is InChI=1S/C8H16FNO/c1-10-6-3-4-7(9)8(5-6)11-2/h6-8,10H,3-5H2,1-2H3. The molecule has 0 amide bonds. The van der Waals surface area contributed by atoms with Crippen molar-refractivity contribution in [3.63, 3.8) is 0 Å². The zero-order valence-corrected chi connectivity index (χ0v) is 7.14. The molecule has 0 bridgehead atoms. The summed E-state index contributed by atoms with van der Waals surface area (Å²) in [5.41, 5.74) is 0. The van der Waals surface area contributed by atoms with Crippen molar-refractivity contribution in [2.75, 3.05) is 14.2 Å². The predicted octanol–water partition coefficient (Wildman–Crippen LogP) is 1.11. The lowest BCUT2D eigenvalue weighted by Crippen LogP contribution is -2.40. The Bertz CT molecular complexity index is 121. The molecule has 0 aromatic rings. The molecule has 1 aliphatic carbocycles. The van der Waals surface area contributed by atoms with Crippen LogP contribution in [0.3, 0.4) is 0 Å². The van der Waals surface area contributed by atoms with E-state index in [1.165, 1.54) is 0 Å². The van der Waals surface area contributed by atoms with Gasteiger partial charge >= 0.3 is 0 Å². The summed E-state index contributed by atoms with van der Waals surface area (Å²) >= 11 is 0. The Hall–Kier alpha value is -0.150. The molecule has 1 N–H and O–H groups in total. The largest absolute Gasteiger partial charge is 0.378 e. The topological polar surface area (TPSA) is 21.3 Å². The van der Waals surface area contributed by atoms with E-state index in [1.807, 2.05) is 7.05 Å². The molecule has 0 aromatic carbocycles. The van der Waals surface area contributed by atoms with Crippen LogP contribution in [0.5, 0.6) is 0 Å². The Kier molecular flexibility index (Phi) is 3.27. The zero-order valence-electron chi connectivity index (χ0n) is 7.14. The summed E-state index contributed by atoms with van der Waals surface area (Å²) in [7, 11) is 3.49. The van der Waals surface area contributed by atoms with E-state index >= 15 is 0 Å². The van der Waals surface area contributed by atoms with Crippen molar-refractivity contribution < 1.29 is 9.13 Å². The van der Waals surface area contributed by atoms with E-state index in [0.717, 1.165) is 12.8 Å². The van der Waals surface area contributed by atoms with Crippen molar-refractivity contribution in [1.29, 1.82) is 0 Å². The van der Waals surface area contributed by atoms with Crippen LogP contribution < -0.4 is 5.32 Å². The second-order valence-corrected chi connectivity index (χ2v) is 3.09. The van der Waals surface area contributed by atoms with E-state index in [0.29, 0.717) is 12.5 Å². The summed E-state index contributed by atoms with van der Waals surface area (Å²) in [6, 6.07) is 0.437. The third-order valence-electron chi connectivity index (χ3n) is 2.42. The van der Waals surface area contributed by atoms with Gasteiger partial charge in [-0.2, -0.15) is 0 Å². The fraction of sp³-hybridized carbons (Fsp3) is 1.00. The van der Waals surface area contributed by atoms with Gasteiger partial charge in [0, 0.05) is 13.2 Å². The summed E-state index contributed by atoms with van der Waals surface area (Å²) < 4.78 is 18.0. The van der Waals surface area contributed by atoms with Gasteiger partial charge in [-0.05, 0) is 26.3 Å². The molecule has 0 radical (unpaired) electrons. The van der Waals surface area contributed by atoms with Crippen molar-refractivity contribution in [2.24, 2.45) is 0 Å². The Labute approximate surface area is 67.1 Å². The van der Waals surface area contributed by atoms with Gasteiger partial charge in [0.2, 0.25) is 0 Å². The molecule has 1 aliphatic rings. The molecule has 1 fully saturated rings. The van der Waals surface area contributed by atoms with Crippen LogP contribution in [0, 0.1) is 0 Å². The molecule has 0 aliphatic heterocycles. The molecule has 11 heavy (non-hydrogen) atoms. The van der Waals surface area contributed by atoms with Gasteiger partial charge < -0.3 is 10.1 Å². The maximum absolute atomic E-state index is 13.0. The first-order chi connectivity index (χ1) is 5.27. The van der Waals surface area contributed by atoms with Crippen LogP contribution in [0.25, 0.3) is 0 Å².